The Bertz CT molecular complexity index is 737. The van der Waals surface area contributed by atoms with E-state index in [0.717, 1.165) is 0 Å². The van der Waals surface area contributed by atoms with E-state index in [-0.39, 0.29) is 11.1 Å². The summed E-state index contributed by atoms with van der Waals surface area (Å²) in [7, 11) is 0. The molecule has 0 fully saturated rings. The monoisotopic (exact) mass is 356 g/mol. The van der Waals surface area contributed by atoms with Crippen LogP contribution in [0.5, 0.6) is 0 Å². The summed E-state index contributed by atoms with van der Waals surface area (Å²) in [6, 6.07) is 12.8. The van der Waals surface area contributed by atoms with Crippen LogP contribution in [0, 0.1) is 0 Å². The number of hydrogen-bond donors (Lipinski definition) is 4. The lowest BCUT2D eigenvalue weighted by Gasteiger charge is -2.17. The summed E-state index contributed by atoms with van der Waals surface area (Å²) < 4.78 is 0. The van der Waals surface area contributed by atoms with Gasteiger partial charge in [-0.25, -0.2) is 9.59 Å². The standard InChI is InChI=1S/C18H16N2O6/c21-15(19-13(17(23)24)11-7-3-1-4-8-11)16(22)20-14(18(25)26)12-9-5-2-6-10-12/h1-10,13-14H,(H,19,21)(H,20,22)(H,23,24)(H,25,26)/t13-,14+. The maximum absolute atomic E-state index is 12.0. The van der Waals surface area contributed by atoms with Crippen molar-refractivity contribution < 1.29 is 29.4 Å². The normalized spacial score (nSPS) is 12.5. The fourth-order valence-corrected chi connectivity index (χ4v) is 2.26. The van der Waals surface area contributed by atoms with Crippen molar-refractivity contribution >= 4 is 23.8 Å². The maximum Gasteiger partial charge on any atom is 0.330 e. The summed E-state index contributed by atoms with van der Waals surface area (Å²) in [6.45, 7) is 0. The third-order valence-corrected chi connectivity index (χ3v) is 3.52. The molecule has 2 amide bonds. The lowest BCUT2D eigenvalue weighted by Crippen LogP contribution is -2.46. The van der Waals surface area contributed by atoms with E-state index in [1.807, 2.05) is 0 Å². The minimum atomic E-state index is -1.44. The summed E-state index contributed by atoms with van der Waals surface area (Å²) in [6.07, 6.45) is 0. The molecule has 0 saturated heterocycles. The van der Waals surface area contributed by atoms with Crippen LogP contribution in [0.25, 0.3) is 0 Å². The number of nitrogens with one attached hydrogen (secondary N) is 2. The Balaban J connectivity index is 2.11. The summed E-state index contributed by atoms with van der Waals surface area (Å²) in [5, 5.41) is 22.7. The number of hydrogen-bond acceptors (Lipinski definition) is 4. The lowest BCUT2D eigenvalue weighted by molar-refractivity contribution is -0.147. The molecule has 0 aliphatic heterocycles. The summed E-state index contributed by atoms with van der Waals surface area (Å²) in [5.74, 6) is -5.20. The van der Waals surface area contributed by atoms with Crippen LogP contribution < -0.4 is 10.6 Å². The molecule has 4 N–H and O–H groups in total. The van der Waals surface area contributed by atoms with Crippen molar-refractivity contribution in [3.63, 3.8) is 0 Å². The Morgan fingerprint density at radius 3 is 1.19 bits per heavy atom. The number of rotatable bonds is 6. The van der Waals surface area contributed by atoms with Crippen LogP contribution in [-0.2, 0) is 19.2 Å². The Labute approximate surface area is 148 Å². The highest BCUT2D eigenvalue weighted by molar-refractivity contribution is 6.35. The molecule has 0 radical (unpaired) electrons. The smallest absolute Gasteiger partial charge is 0.330 e. The molecule has 2 aromatic carbocycles. The Hall–Kier alpha value is -3.68. The Morgan fingerprint density at radius 1 is 0.615 bits per heavy atom. The first kappa shape index (κ1) is 18.7. The summed E-state index contributed by atoms with van der Waals surface area (Å²) in [4.78, 5) is 46.8. The van der Waals surface area contributed by atoms with Gasteiger partial charge < -0.3 is 20.8 Å². The topological polar surface area (TPSA) is 133 Å². The summed E-state index contributed by atoms with van der Waals surface area (Å²) in [5.41, 5.74) is 0.554. The molecule has 0 spiro atoms. The number of aliphatic carboxylic acids is 2. The lowest BCUT2D eigenvalue weighted by atomic mass is 10.1. The molecule has 0 aliphatic rings. The molecule has 8 heteroatoms. The van der Waals surface area contributed by atoms with E-state index in [1.54, 1.807) is 36.4 Å². The Kier molecular flexibility index (Phi) is 6.05. The molecule has 0 aliphatic carbocycles. The number of amides is 2. The van der Waals surface area contributed by atoms with Crippen molar-refractivity contribution in [1.29, 1.82) is 0 Å². The zero-order valence-electron chi connectivity index (χ0n) is 13.5. The van der Waals surface area contributed by atoms with Gasteiger partial charge in [0.05, 0.1) is 0 Å². The molecule has 26 heavy (non-hydrogen) atoms. The van der Waals surface area contributed by atoms with Gasteiger partial charge in [-0.3, -0.25) is 9.59 Å². The second-order valence-electron chi connectivity index (χ2n) is 5.31. The highest BCUT2D eigenvalue weighted by Crippen LogP contribution is 2.14. The summed E-state index contributed by atoms with van der Waals surface area (Å²) >= 11 is 0. The highest BCUT2D eigenvalue weighted by atomic mass is 16.4. The van der Waals surface area contributed by atoms with Crippen LogP contribution in [0.4, 0.5) is 0 Å². The number of carboxylic acids is 2. The van der Waals surface area contributed by atoms with E-state index in [9.17, 15) is 29.4 Å². The van der Waals surface area contributed by atoms with E-state index >= 15 is 0 Å². The first-order valence-corrected chi connectivity index (χ1v) is 7.57. The zero-order chi connectivity index (χ0) is 19.1. The van der Waals surface area contributed by atoms with Gasteiger partial charge in [-0.1, -0.05) is 60.7 Å². The van der Waals surface area contributed by atoms with E-state index in [1.165, 1.54) is 24.3 Å². The molecule has 0 unspecified atom stereocenters. The van der Waals surface area contributed by atoms with Crippen molar-refractivity contribution in [3.05, 3.63) is 71.8 Å². The van der Waals surface area contributed by atoms with Crippen LogP contribution in [0.3, 0.4) is 0 Å². The van der Waals surface area contributed by atoms with Gasteiger partial charge in [0, 0.05) is 0 Å². The molecule has 0 aromatic heterocycles. The first-order chi connectivity index (χ1) is 12.4. The Morgan fingerprint density at radius 2 is 0.923 bits per heavy atom. The minimum Gasteiger partial charge on any atom is -0.479 e. The molecule has 134 valence electrons. The molecule has 0 bridgehead atoms. The molecular formula is C18H16N2O6. The zero-order valence-corrected chi connectivity index (χ0v) is 13.5. The first-order valence-electron chi connectivity index (χ1n) is 7.57. The predicted octanol–water partition coefficient (Wildman–Crippen LogP) is 0.871. The third kappa shape index (κ3) is 4.67. The van der Waals surface area contributed by atoms with Crippen LogP contribution in [0.1, 0.15) is 23.2 Å². The van der Waals surface area contributed by atoms with Gasteiger partial charge in [-0.2, -0.15) is 0 Å². The second kappa shape index (κ2) is 8.43. The van der Waals surface area contributed by atoms with E-state index < -0.39 is 35.8 Å². The SMILES string of the molecule is O=C(N[C@H](C(=O)O)c1ccccc1)C(=O)N[C@@H](C(=O)O)c1ccccc1. The van der Waals surface area contributed by atoms with E-state index in [2.05, 4.69) is 10.6 Å². The van der Waals surface area contributed by atoms with Crippen molar-refractivity contribution in [2.75, 3.05) is 0 Å². The fourth-order valence-electron chi connectivity index (χ4n) is 2.26. The predicted molar refractivity (Wildman–Crippen MR) is 89.9 cm³/mol. The van der Waals surface area contributed by atoms with E-state index in [0.29, 0.717) is 0 Å². The fraction of sp³-hybridized carbons (Fsp3) is 0.111. The van der Waals surface area contributed by atoms with Gasteiger partial charge in [0.15, 0.2) is 12.1 Å². The highest BCUT2D eigenvalue weighted by Gasteiger charge is 2.29. The number of carbonyl (C=O) groups is 4. The number of benzene rings is 2. The molecule has 0 saturated carbocycles. The van der Waals surface area contributed by atoms with Gasteiger partial charge in [0.25, 0.3) is 0 Å². The molecule has 0 heterocycles. The van der Waals surface area contributed by atoms with Crippen LogP contribution in [-0.4, -0.2) is 34.0 Å². The van der Waals surface area contributed by atoms with Gasteiger partial charge in [-0.15, -0.1) is 0 Å². The van der Waals surface area contributed by atoms with E-state index in [4.69, 9.17) is 0 Å². The van der Waals surface area contributed by atoms with Crippen molar-refractivity contribution in [2.45, 2.75) is 12.1 Å². The van der Waals surface area contributed by atoms with Crippen molar-refractivity contribution in [2.24, 2.45) is 0 Å². The van der Waals surface area contributed by atoms with Crippen molar-refractivity contribution in [1.82, 2.24) is 10.6 Å². The largest absolute Gasteiger partial charge is 0.479 e. The number of carboxylic acid groups (broad SMARTS) is 2. The average Bonchev–Trinajstić information content (AvgIpc) is 2.64. The van der Waals surface area contributed by atoms with Crippen molar-refractivity contribution in [3.8, 4) is 0 Å². The van der Waals surface area contributed by atoms with Crippen LogP contribution >= 0.6 is 0 Å². The van der Waals surface area contributed by atoms with Gasteiger partial charge in [0.1, 0.15) is 0 Å². The van der Waals surface area contributed by atoms with Crippen LogP contribution in [0.2, 0.25) is 0 Å². The quantitative estimate of drug-likeness (QED) is 0.568. The average molecular weight is 356 g/mol. The number of carbonyl (C=O) groups excluding carboxylic acids is 2. The maximum atomic E-state index is 12.0. The minimum absolute atomic E-state index is 0.277. The van der Waals surface area contributed by atoms with Gasteiger partial charge >= 0.3 is 23.8 Å². The molecule has 2 rings (SSSR count). The van der Waals surface area contributed by atoms with Crippen LogP contribution in [0.15, 0.2) is 60.7 Å². The molecule has 8 nitrogen and oxygen atoms in total. The molecular weight excluding hydrogens is 340 g/mol. The van der Waals surface area contributed by atoms with Gasteiger partial charge in [-0.05, 0) is 11.1 Å². The third-order valence-electron chi connectivity index (χ3n) is 3.52. The molecule has 2 aromatic rings. The second-order valence-corrected chi connectivity index (χ2v) is 5.31. The van der Waals surface area contributed by atoms with Gasteiger partial charge in [0.2, 0.25) is 0 Å². The molecule has 2 atom stereocenters.